The maximum Gasteiger partial charge on any atom is 0.573 e. The lowest BCUT2D eigenvalue weighted by Crippen LogP contribution is -2.40. The molecule has 1 aliphatic heterocycles. The van der Waals surface area contributed by atoms with Crippen LogP contribution >= 0.6 is 0 Å². The van der Waals surface area contributed by atoms with Crippen molar-refractivity contribution in [1.82, 2.24) is 5.32 Å². The highest BCUT2D eigenvalue weighted by Gasteiger charge is 2.31. The third-order valence-electron chi connectivity index (χ3n) is 3.35. The van der Waals surface area contributed by atoms with Crippen LogP contribution in [0.1, 0.15) is 19.8 Å². The van der Waals surface area contributed by atoms with Crippen molar-refractivity contribution in [3.05, 3.63) is 24.3 Å². The summed E-state index contributed by atoms with van der Waals surface area (Å²) in [5, 5.41) is 5.98. The minimum absolute atomic E-state index is 0.0765. The Hall–Kier alpha value is -1.76. The molecule has 1 aromatic rings. The first kappa shape index (κ1) is 15.6. The Bertz CT molecular complexity index is 488. The fourth-order valence-corrected chi connectivity index (χ4v) is 2.35. The van der Waals surface area contributed by atoms with E-state index in [1.807, 2.05) is 6.92 Å². The summed E-state index contributed by atoms with van der Waals surface area (Å²) in [5.74, 6) is -0.490. The summed E-state index contributed by atoms with van der Waals surface area (Å²) in [6, 6.07) is 5.42. The van der Waals surface area contributed by atoms with Gasteiger partial charge in [-0.05, 0) is 50.6 Å². The first-order valence-corrected chi connectivity index (χ1v) is 6.73. The lowest BCUT2D eigenvalue weighted by Gasteiger charge is -2.27. The predicted octanol–water partition coefficient (Wildman–Crippen LogP) is 2.91. The molecule has 21 heavy (non-hydrogen) atoms. The van der Waals surface area contributed by atoms with Crippen LogP contribution in [0.3, 0.4) is 0 Å². The number of hydrogen-bond donors (Lipinski definition) is 2. The molecule has 0 bridgehead atoms. The van der Waals surface area contributed by atoms with Gasteiger partial charge in [-0.25, -0.2) is 0 Å². The highest BCUT2D eigenvalue weighted by molar-refractivity contribution is 5.92. The molecule has 1 amide bonds. The van der Waals surface area contributed by atoms with Gasteiger partial charge in [-0.3, -0.25) is 4.79 Å². The zero-order chi connectivity index (χ0) is 15.5. The number of ether oxygens (including phenoxy) is 1. The van der Waals surface area contributed by atoms with Gasteiger partial charge in [0.2, 0.25) is 5.91 Å². The maximum absolute atomic E-state index is 12.1. The monoisotopic (exact) mass is 302 g/mol. The van der Waals surface area contributed by atoms with Gasteiger partial charge in [0, 0.05) is 17.6 Å². The number of carbonyl (C=O) groups is 1. The number of benzene rings is 1. The van der Waals surface area contributed by atoms with Crippen molar-refractivity contribution in [2.75, 3.05) is 11.9 Å². The normalized spacial score (nSPS) is 22.7. The summed E-state index contributed by atoms with van der Waals surface area (Å²) in [7, 11) is 0. The summed E-state index contributed by atoms with van der Waals surface area (Å²) in [6.07, 6.45) is -3.21. The molecule has 2 atom stereocenters. The second-order valence-electron chi connectivity index (χ2n) is 5.14. The molecule has 7 heteroatoms. The number of carbonyl (C=O) groups excluding carboxylic acids is 1. The van der Waals surface area contributed by atoms with Gasteiger partial charge in [0.25, 0.3) is 0 Å². The standard InChI is InChI=1S/C14H17F3N2O2/c1-9-8-10(6-7-18-9)13(20)19-11-2-4-12(5-3-11)21-14(15,16)17/h2-5,9-10,18H,6-8H2,1H3,(H,19,20). The van der Waals surface area contributed by atoms with E-state index in [4.69, 9.17) is 0 Å². The Labute approximate surface area is 120 Å². The van der Waals surface area contributed by atoms with E-state index in [-0.39, 0.29) is 23.6 Å². The summed E-state index contributed by atoms with van der Waals surface area (Å²) in [5.41, 5.74) is 0.459. The van der Waals surface area contributed by atoms with Crippen molar-refractivity contribution in [2.45, 2.75) is 32.2 Å². The lowest BCUT2D eigenvalue weighted by atomic mass is 9.92. The van der Waals surface area contributed by atoms with Gasteiger partial charge in [0.15, 0.2) is 0 Å². The van der Waals surface area contributed by atoms with E-state index in [9.17, 15) is 18.0 Å². The summed E-state index contributed by atoms with van der Waals surface area (Å²) >= 11 is 0. The van der Waals surface area contributed by atoms with Crippen LogP contribution in [-0.2, 0) is 4.79 Å². The number of amides is 1. The van der Waals surface area contributed by atoms with Crippen LogP contribution in [0.25, 0.3) is 0 Å². The predicted molar refractivity (Wildman–Crippen MR) is 71.9 cm³/mol. The van der Waals surface area contributed by atoms with Gasteiger partial charge in [-0.1, -0.05) is 0 Å². The van der Waals surface area contributed by atoms with Crippen LogP contribution in [-0.4, -0.2) is 24.9 Å². The summed E-state index contributed by atoms with van der Waals surface area (Å²) < 4.78 is 39.9. The quantitative estimate of drug-likeness (QED) is 0.902. The SMILES string of the molecule is CC1CC(C(=O)Nc2ccc(OC(F)(F)F)cc2)CCN1. The first-order chi connectivity index (χ1) is 9.83. The molecule has 0 spiro atoms. The molecule has 2 unspecified atom stereocenters. The van der Waals surface area contributed by atoms with Crippen molar-refractivity contribution < 1.29 is 22.7 Å². The third kappa shape index (κ3) is 4.93. The van der Waals surface area contributed by atoms with Crippen LogP contribution in [0.5, 0.6) is 5.75 Å². The molecular weight excluding hydrogens is 285 g/mol. The van der Waals surface area contributed by atoms with Crippen LogP contribution in [0, 0.1) is 5.92 Å². The summed E-state index contributed by atoms with van der Waals surface area (Å²) in [6.45, 7) is 2.81. The van der Waals surface area contributed by atoms with Gasteiger partial charge in [-0.2, -0.15) is 0 Å². The number of halogens is 3. The molecular formula is C14H17F3N2O2. The van der Waals surface area contributed by atoms with E-state index in [1.54, 1.807) is 0 Å². The van der Waals surface area contributed by atoms with Crippen molar-refractivity contribution in [1.29, 1.82) is 0 Å². The number of rotatable bonds is 3. The molecule has 0 radical (unpaired) electrons. The van der Waals surface area contributed by atoms with E-state index >= 15 is 0 Å². The molecule has 1 saturated heterocycles. The minimum atomic E-state index is -4.71. The van der Waals surface area contributed by atoms with Crippen molar-refractivity contribution in [2.24, 2.45) is 5.92 Å². The Morgan fingerprint density at radius 3 is 2.57 bits per heavy atom. The second-order valence-corrected chi connectivity index (χ2v) is 5.14. The van der Waals surface area contributed by atoms with Gasteiger partial charge in [0.05, 0.1) is 0 Å². The second kappa shape index (κ2) is 6.34. The lowest BCUT2D eigenvalue weighted by molar-refractivity contribution is -0.274. The van der Waals surface area contributed by atoms with Crippen molar-refractivity contribution in [3.8, 4) is 5.75 Å². The Kier molecular flexibility index (Phi) is 4.72. The number of nitrogens with one attached hydrogen (secondary N) is 2. The van der Waals surface area contributed by atoms with E-state index in [0.29, 0.717) is 5.69 Å². The first-order valence-electron chi connectivity index (χ1n) is 6.73. The average molecular weight is 302 g/mol. The Balaban J connectivity index is 1.92. The van der Waals surface area contributed by atoms with Gasteiger partial charge in [-0.15, -0.1) is 13.2 Å². The highest BCUT2D eigenvalue weighted by Crippen LogP contribution is 2.24. The van der Waals surface area contributed by atoms with Crippen LogP contribution < -0.4 is 15.4 Å². The van der Waals surface area contributed by atoms with E-state index in [0.717, 1.165) is 19.4 Å². The van der Waals surface area contributed by atoms with E-state index in [1.165, 1.54) is 24.3 Å². The molecule has 2 rings (SSSR count). The minimum Gasteiger partial charge on any atom is -0.406 e. The molecule has 116 valence electrons. The molecule has 0 aromatic heterocycles. The average Bonchev–Trinajstić information content (AvgIpc) is 2.39. The molecule has 1 fully saturated rings. The smallest absolute Gasteiger partial charge is 0.406 e. The number of hydrogen-bond acceptors (Lipinski definition) is 3. The van der Waals surface area contributed by atoms with Crippen molar-refractivity contribution >= 4 is 11.6 Å². The molecule has 4 nitrogen and oxygen atoms in total. The number of piperidine rings is 1. The highest BCUT2D eigenvalue weighted by atomic mass is 19.4. The fourth-order valence-electron chi connectivity index (χ4n) is 2.35. The van der Waals surface area contributed by atoms with E-state index in [2.05, 4.69) is 15.4 Å². The topological polar surface area (TPSA) is 50.4 Å². The number of anilines is 1. The number of alkyl halides is 3. The summed E-state index contributed by atoms with van der Waals surface area (Å²) in [4.78, 5) is 12.1. The van der Waals surface area contributed by atoms with Gasteiger partial charge < -0.3 is 15.4 Å². The maximum atomic E-state index is 12.1. The molecule has 0 aliphatic carbocycles. The van der Waals surface area contributed by atoms with Crippen LogP contribution in [0.2, 0.25) is 0 Å². The van der Waals surface area contributed by atoms with Crippen molar-refractivity contribution in [3.63, 3.8) is 0 Å². The zero-order valence-corrected chi connectivity index (χ0v) is 11.5. The molecule has 2 N–H and O–H groups in total. The molecule has 1 aromatic carbocycles. The molecule has 0 saturated carbocycles. The van der Waals surface area contributed by atoms with Gasteiger partial charge >= 0.3 is 6.36 Å². The molecule has 1 aliphatic rings. The Morgan fingerprint density at radius 2 is 2.00 bits per heavy atom. The van der Waals surface area contributed by atoms with E-state index < -0.39 is 6.36 Å². The zero-order valence-electron chi connectivity index (χ0n) is 11.5. The third-order valence-corrected chi connectivity index (χ3v) is 3.35. The van der Waals surface area contributed by atoms with Gasteiger partial charge in [0.1, 0.15) is 5.75 Å². The fraction of sp³-hybridized carbons (Fsp3) is 0.500. The van der Waals surface area contributed by atoms with Crippen LogP contribution in [0.4, 0.5) is 18.9 Å². The molecule has 1 heterocycles. The largest absolute Gasteiger partial charge is 0.573 e. The van der Waals surface area contributed by atoms with Crippen LogP contribution in [0.15, 0.2) is 24.3 Å². The Morgan fingerprint density at radius 1 is 1.33 bits per heavy atom.